The molecule has 13 heteroatoms. The summed E-state index contributed by atoms with van der Waals surface area (Å²) in [6.07, 6.45) is 1.60. The summed E-state index contributed by atoms with van der Waals surface area (Å²) in [4.78, 5) is 17.9. The molecular formula is C24H20N4O7S2. The molecule has 0 bridgehead atoms. The molecule has 3 aromatic heterocycles. The topological polar surface area (TPSA) is 148 Å². The van der Waals surface area contributed by atoms with E-state index in [0.717, 1.165) is 0 Å². The number of fused-ring (bicyclic) bond motifs is 1. The van der Waals surface area contributed by atoms with Gasteiger partial charge < -0.3 is 18.6 Å². The second-order valence-corrected chi connectivity index (χ2v) is 10.3. The van der Waals surface area contributed by atoms with Crippen molar-refractivity contribution in [3.63, 3.8) is 0 Å². The summed E-state index contributed by atoms with van der Waals surface area (Å²) in [6.45, 7) is 0. The summed E-state index contributed by atoms with van der Waals surface area (Å²) >= 11 is 1.17. The van der Waals surface area contributed by atoms with E-state index >= 15 is 0 Å². The number of rotatable bonds is 7. The predicted octanol–water partition coefficient (Wildman–Crippen LogP) is 2.30. The number of thiazole rings is 1. The largest absolute Gasteiger partial charge is 0.493 e. The maximum Gasteiger partial charge on any atom is 0.291 e. The van der Waals surface area contributed by atoms with E-state index in [2.05, 4.69) is 10.1 Å². The summed E-state index contributed by atoms with van der Waals surface area (Å²) in [5.41, 5.74) is 0.910. The van der Waals surface area contributed by atoms with Crippen LogP contribution in [0, 0.1) is 0 Å². The van der Waals surface area contributed by atoms with E-state index in [-0.39, 0.29) is 10.5 Å². The van der Waals surface area contributed by atoms with Gasteiger partial charge in [0.05, 0.1) is 26.2 Å². The first kappa shape index (κ1) is 24.5. The van der Waals surface area contributed by atoms with Crippen LogP contribution in [0.2, 0.25) is 0 Å². The number of furan rings is 1. The average Bonchev–Trinajstić information content (AvgIpc) is 3.60. The van der Waals surface area contributed by atoms with Crippen molar-refractivity contribution >= 4 is 32.4 Å². The molecule has 0 aliphatic rings. The van der Waals surface area contributed by atoms with Crippen LogP contribution >= 0.6 is 11.3 Å². The molecule has 37 heavy (non-hydrogen) atoms. The van der Waals surface area contributed by atoms with Crippen molar-refractivity contribution in [1.82, 2.24) is 14.6 Å². The highest BCUT2D eigenvalue weighted by atomic mass is 32.2. The maximum absolute atomic E-state index is 13.0. The van der Waals surface area contributed by atoms with Crippen LogP contribution in [0.25, 0.3) is 33.7 Å². The van der Waals surface area contributed by atoms with Gasteiger partial charge in [0.2, 0.25) is 20.7 Å². The number of nitrogens with two attached hydrogens (primary N) is 1. The lowest BCUT2D eigenvalue weighted by Gasteiger charge is -2.12. The maximum atomic E-state index is 13.0. The summed E-state index contributed by atoms with van der Waals surface area (Å²) in [5, 5.41) is 9.51. The number of aromatic nitrogens is 3. The highest BCUT2D eigenvalue weighted by molar-refractivity contribution is 7.89. The van der Waals surface area contributed by atoms with Crippen LogP contribution in [0.3, 0.4) is 0 Å². The van der Waals surface area contributed by atoms with Crippen LogP contribution in [0.5, 0.6) is 17.2 Å². The molecule has 0 atom stereocenters. The zero-order valence-corrected chi connectivity index (χ0v) is 21.4. The number of ether oxygens (including phenoxy) is 3. The molecule has 5 aromatic rings. The lowest BCUT2D eigenvalue weighted by Crippen LogP contribution is -2.23. The van der Waals surface area contributed by atoms with Crippen LogP contribution < -0.4 is 29.4 Å². The van der Waals surface area contributed by atoms with E-state index in [1.807, 2.05) is 0 Å². The lowest BCUT2D eigenvalue weighted by molar-refractivity contribution is 0.324. The van der Waals surface area contributed by atoms with Crippen LogP contribution in [-0.2, 0) is 10.0 Å². The Balaban J connectivity index is 1.48. The van der Waals surface area contributed by atoms with Gasteiger partial charge in [0.15, 0.2) is 17.3 Å². The molecule has 11 nitrogen and oxygen atoms in total. The summed E-state index contributed by atoms with van der Waals surface area (Å²) in [7, 11) is 0.753. The Kier molecular flexibility index (Phi) is 6.19. The van der Waals surface area contributed by atoms with Crippen LogP contribution in [-0.4, -0.2) is 44.3 Å². The van der Waals surface area contributed by atoms with Crippen molar-refractivity contribution < 1.29 is 27.0 Å². The van der Waals surface area contributed by atoms with E-state index < -0.39 is 10.0 Å². The zero-order valence-electron chi connectivity index (χ0n) is 19.8. The number of primary sulfonamides is 1. The third-order valence-corrected chi connectivity index (χ3v) is 7.36. The van der Waals surface area contributed by atoms with Gasteiger partial charge >= 0.3 is 0 Å². The highest BCUT2D eigenvalue weighted by Gasteiger charge is 2.18. The van der Waals surface area contributed by atoms with Crippen molar-refractivity contribution in [3.8, 4) is 40.0 Å². The second kappa shape index (κ2) is 9.35. The van der Waals surface area contributed by atoms with Crippen LogP contribution in [0.15, 0.2) is 62.6 Å². The van der Waals surface area contributed by atoms with Gasteiger partial charge in [-0.15, -0.1) is 5.10 Å². The number of methoxy groups -OCH3 is 3. The van der Waals surface area contributed by atoms with Crippen molar-refractivity contribution in [2.75, 3.05) is 21.3 Å². The first-order chi connectivity index (χ1) is 17.7. The molecule has 0 saturated heterocycles. The molecule has 2 aromatic carbocycles. The normalized spacial score (nSPS) is 12.3. The quantitative estimate of drug-likeness (QED) is 0.328. The molecule has 0 spiro atoms. The molecule has 3 heterocycles. The Morgan fingerprint density at radius 1 is 0.973 bits per heavy atom. The zero-order chi connectivity index (χ0) is 26.3. The van der Waals surface area contributed by atoms with Crippen molar-refractivity contribution in [3.05, 3.63) is 69.2 Å². The average molecular weight is 541 g/mol. The Labute approximate surface area is 214 Å². The predicted molar refractivity (Wildman–Crippen MR) is 137 cm³/mol. The van der Waals surface area contributed by atoms with Gasteiger partial charge in [-0.1, -0.05) is 11.3 Å². The Morgan fingerprint density at radius 3 is 2.22 bits per heavy atom. The fourth-order valence-corrected chi connectivity index (χ4v) is 5.09. The van der Waals surface area contributed by atoms with Crippen molar-refractivity contribution in [2.24, 2.45) is 5.14 Å². The van der Waals surface area contributed by atoms with Gasteiger partial charge in [-0.2, -0.15) is 9.50 Å². The van der Waals surface area contributed by atoms with Crippen molar-refractivity contribution in [1.29, 1.82) is 0 Å². The monoisotopic (exact) mass is 540 g/mol. The smallest absolute Gasteiger partial charge is 0.291 e. The van der Waals surface area contributed by atoms with Crippen LogP contribution in [0.4, 0.5) is 0 Å². The van der Waals surface area contributed by atoms with Gasteiger partial charge in [-0.3, -0.25) is 4.79 Å². The molecule has 0 radical (unpaired) electrons. The van der Waals surface area contributed by atoms with Gasteiger partial charge in [0.1, 0.15) is 16.1 Å². The summed E-state index contributed by atoms with van der Waals surface area (Å²) in [5.74, 6) is 2.60. The molecule has 0 unspecified atom stereocenters. The second-order valence-electron chi connectivity index (χ2n) is 7.73. The van der Waals surface area contributed by atoms with Gasteiger partial charge in [-0.25, -0.2) is 13.6 Å². The Morgan fingerprint density at radius 2 is 1.65 bits per heavy atom. The van der Waals surface area contributed by atoms with E-state index in [1.165, 1.54) is 49.3 Å². The Bertz CT molecular complexity index is 1810. The number of benzene rings is 2. The molecular weight excluding hydrogens is 520 g/mol. The van der Waals surface area contributed by atoms with Crippen LogP contribution in [0.1, 0.15) is 5.76 Å². The van der Waals surface area contributed by atoms with E-state index in [1.54, 1.807) is 42.5 Å². The van der Waals surface area contributed by atoms with E-state index in [4.69, 9.17) is 23.8 Å². The molecule has 2 N–H and O–H groups in total. The third-order valence-electron chi connectivity index (χ3n) is 5.47. The first-order valence-electron chi connectivity index (χ1n) is 10.7. The van der Waals surface area contributed by atoms with Gasteiger partial charge in [0, 0.05) is 17.2 Å². The van der Waals surface area contributed by atoms with E-state index in [0.29, 0.717) is 55.2 Å². The van der Waals surface area contributed by atoms with Crippen molar-refractivity contribution in [2.45, 2.75) is 4.90 Å². The molecule has 0 aliphatic carbocycles. The standard InChI is InChI=1S/C24H20N4O7S2/c1-32-18-10-14(11-19(33-2)21(18)34-3)22-26-24-28(27-22)23(29)20(36-24)12-15-6-9-17(35-15)13-4-7-16(8-5-13)37(25,30)31/h4-12H,1-3H3,(H2,25,30,31)/b20-12-. The number of hydrogen-bond acceptors (Lipinski definition) is 10. The first-order valence-corrected chi connectivity index (χ1v) is 13.0. The fraction of sp³-hybridized carbons (Fsp3) is 0.125. The third kappa shape index (κ3) is 4.55. The molecule has 0 aliphatic heterocycles. The summed E-state index contributed by atoms with van der Waals surface area (Å²) in [6, 6.07) is 12.8. The SMILES string of the molecule is COc1cc(-c2nc3s/c(=C\c4ccc(-c5ccc(S(N)(=O)=O)cc5)o4)c(=O)n3n2)cc(OC)c1OC. The lowest BCUT2D eigenvalue weighted by atomic mass is 10.1. The number of sulfonamides is 1. The van der Waals surface area contributed by atoms with Gasteiger partial charge in [0.25, 0.3) is 5.56 Å². The molecule has 0 fully saturated rings. The molecule has 5 rings (SSSR count). The molecule has 0 amide bonds. The summed E-state index contributed by atoms with van der Waals surface area (Å²) < 4.78 is 46.5. The van der Waals surface area contributed by atoms with E-state index in [9.17, 15) is 13.2 Å². The Hall–Kier alpha value is -4.20. The fourth-order valence-electron chi connectivity index (χ4n) is 3.69. The molecule has 190 valence electrons. The minimum absolute atomic E-state index is 0.00548. The molecule has 0 saturated carbocycles. The number of hydrogen-bond donors (Lipinski definition) is 1. The van der Waals surface area contributed by atoms with Gasteiger partial charge in [-0.05, 0) is 48.5 Å². The minimum Gasteiger partial charge on any atom is -0.493 e. The minimum atomic E-state index is -3.78. The number of nitrogens with zero attached hydrogens (tertiary/aromatic N) is 3. The highest BCUT2D eigenvalue weighted by Crippen LogP contribution is 2.40.